The van der Waals surface area contributed by atoms with Crippen LogP contribution in [-0.2, 0) is 0 Å². The van der Waals surface area contributed by atoms with Gasteiger partial charge in [-0.25, -0.2) is 0 Å². The van der Waals surface area contributed by atoms with E-state index >= 15 is 0 Å². The normalized spacial score (nSPS) is 24.2. The van der Waals surface area contributed by atoms with Crippen LogP contribution in [0.5, 0.6) is 0 Å². The molecule has 60 valence electrons. The van der Waals surface area contributed by atoms with Gasteiger partial charge >= 0.3 is 0 Å². The van der Waals surface area contributed by atoms with Crippen molar-refractivity contribution in [3.05, 3.63) is 23.8 Å². The third-order valence-electron chi connectivity index (χ3n) is 1.50. The van der Waals surface area contributed by atoms with Gasteiger partial charge in [-0.1, -0.05) is 34.2 Å². The van der Waals surface area contributed by atoms with Crippen molar-refractivity contribution in [2.24, 2.45) is 4.99 Å². The summed E-state index contributed by atoms with van der Waals surface area (Å²) in [6.07, 6.45) is 9.44. The molecule has 0 radical (unpaired) electrons. The van der Waals surface area contributed by atoms with Crippen molar-refractivity contribution in [1.29, 1.82) is 0 Å². The molecule has 1 rings (SSSR count). The number of hydrogen-bond acceptors (Lipinski definition) is 1. The van der Waals surface area contributed by atoms with Gasteiger partial charge in [-0.05, 0) is 18.9 Å². The highest BCUT2D eigenvalue weighted by Gasteiger charge is 2.01. The third kappa shape index (κ3) is 3.02. The van der Waals surface area contributed by atoms with E-state index in [1.54, 1.807) is 0 Å². The molecule has 2 heteroatoms. The van der Waals surface area contributed by atoms with Gasteiger partial charge in [0.2, 0.25) is 0 Å². The van der Waals surface area contributed by atoms with Crippen LogP contribution >= 0.6 is 15.9 Å². The van der Waals surface area contributed by atoms with Gasteiger partial charge in [0.15, 0.2) is 0 Å². The molecular weight excluding hydrogens is 202 g/mol. The molecule has 1 aliphatic rings. The maximum absolute atomic E-state index is 4.16. The summed E-state index contributed by atoms with van der Waals surface area (Å²) in [4.78, 5) is 4.68. The molecule has 0 aromatic carbocycles. The minimum atomic E-state index is 0.515. The lowest BCUT2D eigenvalue weighted by molar-refractivity contribution is 1.06. The standard InChI is InChI=1S/C9H12BrN/c1-2-11-7-8-3-5-9(10)6-4-8/h3-5,7,9H,2,6H2,1H3. The predicted molar refractivity (Wildman–Crippen MR) is 53.6 cm³/mol. The molecule has 0 fully saturated rings. The Kier molecular flexibility index (Phi) is 3.57. The Morgan fingerprint density at radius 2 is 2.64 bits per heavy atom. The molecule has 1 atom stereocenters. The number of rotatable bonds is 2. The molecular formula is C9H12BrN. The van der Waals surface area contributed by atoms with Crippen LogP contribution in [0.1, 0.15) is 13.3 Å². The van der Waals surface area contributed by atoms with E-state index in [1.165, 1.54) is 5.57 Å². The largest absolute Gasteiger partial charge is 0.293 e. The number of nitrogens with zero attached hydrogens (tertiary/aromatic N) is 1. The number of allylic oxidation sites excluding steroid dienone is 4. The molecule has 0 bridgehead atoms. The summed E-state index contributed by atoms with van der Waals surface area (Å²) in [6.45, 7) is 2.90. The summed E-state index contributed by atoms with van der Waals surface area (Å²) in [7, 11) is 0. The van der Waals surface area contributed by atoms with Crippen LogP contribution < -0.4 is 0 Å². The highest BCUT2D eigenvalue weighted by atomic mass is 79.9. The summed E-state index contributed by atoms with van der Waals surface area (Å²) in [5.41, 5.74) is 1.22. The first-order valence-corrected chi connectivity index (χ1v) is 4.76. The number of aliphatic imine (C=N–C) groups is 1. The van der Waals surface area contributed by atoms with Gasteiger partial charge in [-0.2, -0.15) is 0 Å². The highest BCUT2D eigenvalue weighted by Crippen LogP contribution is 2.15. The molecule has 0 amide bonds. The fourth-order valence-electron chi connectivity index (χ4n) is 0.903. The second-order valence-electron chi connectivity index (χ2n) is 2.44. The molecule has 1 unspecified atom stereocenters. The lowest BCUT2D eigenvalue weighted by Crippen LogP contribution is -1.97. The molecule has 0 aromatic heterocycles. The topological polar surface area (TPSA) is 12.4 Å². The van der Waals surface area contributed by atoms with Crippen LogP contribution in [0.4, 0.5) is 0 Å². The van der Waals surface area contributed by atoms with Gasteiger partial charge in [0.25, 0.3) is 0 Å². The summed E-state index contributed by atoms with van der Waals surface area (Å²) in [5, 5.41) is 0. The van der Waals surface area contributed by atoms with E-state index in [0.29, 0.717) is 4.83 Å². The molecule has 0 spiro atoms. The molecule has 0 aliphatic heterocycles. The van der Waals surface area contributed by atoms with Gasteiger partial charge in [0, 0.05) is 17.6 Å². The Morgan fingerprint density at radius 3 is 3.18 bits per heavy atom. The Bertz CT molecular complexity index is 200. The monoisotopic (exact) mass is 213 g/mol. The minimum Gasteiger partial charge on any atom is -0.293 e. The molecule has 0 saturated carbocycles. The zero-order valence-corrected chi connectivity index (χ0v) is 8.21. The smallest absolute Gasteiger partial charge is 0.0363 e. The van der Waals surface area contributed by atoms with Crippen LogP contribution in [-0.4, -0.2) is 17.6 Å². The van der Waals surface area contributed by atoms with Crippen molar-refractivity contribution in [1.82, 2.24) is 0 Å². The van der Waals surface area contributed by atoms with Crippen molar-refractivity contribution in [3.8, 4) is 0 Å². The van der Waals surface area contributed by atoms with Crippen LogP contribution in [0.2, 0.25) is 0 Å². The van der Waals surface area contributed by atoms with Crippen molar-refractivity contribution in [3.63, 3.8) is 0 Å². The first kappa shape index (κ1) is 8.72. The number of alkyl halides is 1. The second-order valence-corrected chi connectivity index (χ2v) is 3.62. The molecule has 1 nitrogen and oxygen atoms in total. The van der Waals surface area contributed by atoms with E-state index in [1.807, 2.05) is 13.1 Å². The molecule has 0 saturated heterocycles. The van der Waals surface area contributed by atoms with Gasteiger partial charge in [-0.3, -0.25) is 4.99 Å². The first-order chi connectivity index (χ1) is 5.33. The van der Waals surface area contributed by atoms with Crippen LogP contribution in [0.25, 0.3) is 0 Å². The first-order valence-electron chi connectivity index (χ1n) is 3.85. The van der Waals surface area contributed by atoms with Gasteiger partial charge in [0.05, 0.1) is 0 Å². The summed E-state index contributed by atoms with van der Waals surface area (Å²) in [6, 6.07) is 0. The van der Waals surface area contributed by atoms with Crippen molar-refractivity contribution in [2.75, 3.05) is 6.54 Å². The van der Waals surface area contributed by atoms with Gasteiger partial charge < -0.3 is 0 Å². The maximum atomic E-state index is 4.16. The average molecular weight is 214 g/mol. The second kappa shape index (κ2) is 4.50. The summed E-state index contributed by atoms with van der Waals surface area (Å²) < 4.78 is 0. The Labute approximate surface area is 76.0 Å². The summed E-state index contributed by atoms with van der Waals surface area (Å²) in [5.74, 6) is 0. The Balaban J connectivity index is 2.49. The molecule has 11 heavy (non-hydrogen) atoms. The Hall–Kier alpha value is -0.370. The van der Waals surface area contributed by atoms with E-state index in [-0.39, 0.29) is 0 Å². The fraction of sp³-hybridized carbons (Fsp3) is 0.444. The fourth-order valence-corrected chi connectivity index (χ4v) is 1.24. The van der Waals surface area contributed by atoms with Crippen LogP contribution in [0.15, 0.2) is 28.8 Å². The van der Waals surface area contributed by atoms with Gasteiger partial charge in [0.1, 0.15) is 0 Å². The van der Waals surface area contributed by atoms with Crippen molar-refractivity contribution >= 4 is 22.1 Å². The zero-order chi connectivity index (χ0) is 8.10. The highest BCUT2D eigenvalue weighted by molar-refractivity contribution is 9.09. The quantitative estimate of drug-likeness (QED) is 0.495. The third-order valence-corrected chi connectivity index (χ3v) is 2.18. The predicted octanol–water partition coefficient (Wildman–Crippen LogP) is 2.73. The maximum Gasteiger partial charge on any atom is 0.0363 e. The zero-order valence-electron chi connectivity index (χ0n) is 6.63. The molecule has 0 N–H and O–H groups in total. The SMILES string of the molecule is CCN=CC1=CCC(Br)C=C1. The molecule has 1 aliphatic carbocycles. The van der Waals surface area contributed by atoms with E-state index in [9.17, 15) is 0 Å². The van der Waals surface area contributed by atoms with E-state index in [4.69, 9.17) is 0 Å². The lowest BCUT2D eigenvalue weighted by Gasteiger charge is -2.06. The van der Waals surface area contributed by atoms with E-state index in [2.05, 4.69) is 39.2 Å². The lowest BCUT2D eigenvalue weighted by atomic mass is 10.1. The summed E-state index contributed by atoms with van der Waals surface area (Å²) >= 11 is 3.51. The minimum absolute atomic E-state index is 0.515. The number of halogens is 1. The average Bonchev–Trinajstić information content (AvgIpc) is 2.04. The van der Waals surface area contributed by atoms with Crippen LogP contribution in [0.3, 0.4) is 0 Å². The molecule has 0 aromatic rings. The van der Waals surface area contributed by atoms with Crippen molar-refractivity contribution in [2.45, 2.75) is 18.2 Å². The van der Waals surface area contributed by atoms with Crippen LogP contribution in [0, 0.1) is 0 Å². The van der Waals surface area contributed by atoms with Crippen molar-refractivity contribution < 1.29 is 0 Å². The number of hydrogen-bond donors (Lipinski definition) is 0. The van der Waals surface area contributed by atoms with E-state index < -0.39 is 0 Å². The Morgan fingerprint density at radius 1 is 1.82 bits per heavy atom. The van der Waals surface area contributed by atoms with E-state index in [0.717, 1.165) is 13.0 Å². The van der Waals surface area contributed by atoms with Gasteiger partial charge in [-0.15, -0.1) is 0 Å². The molecule has 0 heterocycles.